The molecule has 1 saturated heterocycles. The molecule has 1 aliphatic carbocycles. The first-order valence-corrected chi connectivity index (χ1v) is 13.6. The quantitative estimate of drug-likeness (QED) is 0.338. The summed E-state index contributed by atoms with van der Waals surface area (Å²) in [6.45, 7) is 6.98. The normalized spacial score (nSPS) is 16.9. The zero-order valence-corrected chi connectivity index (χ0v) is 24.0. The Morgan fingerprint density at radius 3 is 2.51 bits per heavy atom. The standard InChI is InChI=1S/C29H35FN6O5/c1-29(2,3)41-28(37)36(19-6-7-19)20-10-11-35(16-20)26-9-8-24(32-33-26)22-13-23(30)21(14-25(22)40-17-38-4)18-12-27(39-5)34-31-15-18/h8-9,12-15,19-20H,6-7,10-11,16-17H2,1-5H3/t20-/m0/s1. The number of amides is 1. The predicted molar refractivity (Wildman–Crippen MR) is 149 cm³/mol. The molecule has 1 saturated carbocycles. The van der Waals surface area contributed by atoms with E-state index < -0.39 is 11.4 Å². The Hall–Kier alpha value is -4.06. The number of anilines is 1. The fourth-order valence-corrected chi connectivity index (χ4v) is 4.89. The molecule has 41 heavy (non-hydrogen) atoms. The van der Waals surface area contributed by atoms with Gasteiger partial charge in [-0.05, 0) is 64.3 Å². The van der Waals surface area contributed by atoms with Crippen LogP contribution in [0.25, 0.3) is 22.4 Å². The molecule has 1 aromatic carbocycles. The molecule has 2 fully saturated rings. The molecule has 0 spiro atoms. The molecule has 2 aromatic heterocycles. The van der Waals surface area contributed by atoms with E-state index in [9.17, 15) is 4.79 Å². The zero-order chi connectivity index (χ0) is 29.1. The van der Waals surface area contributed by atoms with Crippen LogP contribution in [0.3, 0.4) is 0 Å². The third-order valence-corrected chi connectivity index (χ3v) is 6.91. The van der Waals surface area contributed by atoms with Gasteiger partial charge in [0.25, 0.3) is 0 Å². The molecule has 218 valence electrons. The maximum atomic E-state index is 15.4. The summed E-state index contributed by atoms with van der Waals surface area (Å²) >= 11 is 0. The van der Waals surface area contributed by atoms with Gasteiger partial charge in [0.05, 0.1) is 25.0 Å². The summed E-state index contributed by atoms with van der Waals surface area (Å²) in [6, 6.07) is 8.43. The van der Waals surface area contributed by atoms with Crippen LogP contribution in [0.2, 0.25) is 0 Å². The second-order valence-corrected chi connectivity index (χ2v) is 11.1. The molecule has 1 atom stereocenters. The number of hydrogen-bond donors (Lipinski definition) is 0. The molecule has 2 aliphatic rings. The second kappa shape index (κ2) is 11.8. The fraction of sp³-hybridized carbons (Fsp3) is 0.483. The van der Waals surface area contributed by atoms with Gasteiger partial charge < -0.3 is 28.7 Å². The first-order valence-electron chi connectivity index (χ1n) is 13.6. The fourth-order valence-electron chi connectivity index (χ4n) is 4.89. The maximum absolute atomic E-state index is 15.4. The number of nitrogens with zero attached hydrogens (tertiary/aromatic N) is 6. The van der Waals surface area contributed by atoms with Crippen LogP contribution in [-0.4, -0.2) is 83.2 Å². The largest absolute Gasteiger partial charge is 0.480 e. The SMILES string of the molecule is COCOc1cc(-c2cnnc(OC)c2)c(F)cc1-c1ccc(N2CC[C@H](N(C(=O)OC(C)(C)C)C3CC3)C2)nn1. The highest BCUT2D eigenvalue weighted by atomic mass is 19.1. The van der Waals surface area contributed by atoms with Gasteiger partial charge in [-0.25, -0.2) is 9.18 Å². The van der Waals surface area contributed by atoms with Crippen molar-refractivity contribution in [2.75, 3.05) is 39.0 Å². The maximum Gasteiger partial charge on any atom is 0.410 e. The molecule has 3 heterocycles. The van der Waals surface area contributed by atoms with E-state index in [4.69, 9.17) is 18.9 Å². The van der Waals surface area contributed by atoms with Gasteiger partial charge in [0.1, 0.15) is 17.2 Å². The van der Waals surface area contributed by atoms with E-state index in [2.05, 4.69) is 25.3 Å². The Kier molecular flexibility index (Phi) is 8.20. The molecule has 0 bridgehead atoms. The van der Waals surface area contributed by atoms with Crippen LogP contribution in [0.5, 0.6) is 11.6 Å². The molecule has 1 aliphatic heterocycles. The van der Waals surface area contributed by atoms with Crippen molar-refractivity contribution in [3.63, 3.8) is 0 Å². The number of hydrogen-bond acceptors (Lipinski definition) is 10. The van der Waals surface area contributed by atoms with Crippen molar-refractivity contribution in [1.82, 2.24) is 25.3 Å². The van der Waals surface area contributed by atoms with Crippen LogP contribution in [0, 0.1) is 5.82 Å². The summed E-state index contributed by atoms with van der Waals surface area (Å²) in [4.78, 5) is 17.0. The van der Waals surface area contributed by atoms with Crippen LogP contribution in [0.1, 0.15) is 40.0 Å². The van der Waals surface area contributed by atoms with Crippen molar-refractivity contribution in [1.29, 1.82) is 0 Å². The van der Waals surface area contributed by atoms with Gasteiger partial charge in [0, 0.05) is 49.0 Å². The number of carbonyl (C=O) groups excluding carboxylic acids is 1. The second-order valence-electron chi connectivity index (χ2n) is 11.1. The van der Waals surface area contributed by atoms with Crippen LogP contribution < -0.4 is 14.4 Å². The molecule has 0 unspecified atom stereocenters. The Labute approximate surface area is 238 Å². The molecule has 5 rings (SSSR count). The molecular weight excluding hydrogens is 531 g/mol. The Morgan fingerprint density at radius 1 is 1.05 bits per heavy atom. The van der Waals surface area contributed by atoms with E-state index in [1.54, 1.807) is 18.2 Å². The Morgan fingerprint density at radius 2 is 1.85 bits per heavy atom. The Balaban J connectivity index is 1.36. The average Bonchev–Trinajstić information content (AvgIpc) is 3.66. The number of rotatable bonds is 9. The van der Waals surface area contributed by atoms with Gasteiger partial charge in [-0.3, -0.25) is 0 Å². The van der Waals surface area contributed by atoms with E-state index in [-0.39, 0.29) is 36.4 Å². The lowest BCUT2D eigenvalue weighted by Gasteiger charge is -2.31. The number of benzene rings is 1. The van der Waals surface area contributed by atoms with Crippen molar-refractivity contribution in [2.24, 2.45) is 0 Å². The molecule has 12 heteroatoms. The van der Waals surface area contributed by atoms with Crippen molar-refractivity contribution in [2.45, 2.75) is 57.7 Å². The van der Waals surface area contributed by atoms with Crippen LogP contribution in [0.4, 0.5) is 15.0 Å². The molecule has 0 radical (unpaired) electrons. The van der Waals surface area contributed by atoms with Gasteiger partial charge in [-0.2, -0.15) is 5.10 Å². The summed E-state index contributed by atoms with van der Waals surface area (Å²) in [5, 5.41) is 16.6. The predicted octanol–water partition coefficient (Wildman–Crippen LogP) is 4.71. The minimum absolute atomic E-state index is 0.0359. The van der Waals surface area contributed by atoms with Gasteiger partial charge >= 0.3 is 6.09 Å². The van der Waals surface area contributed by atoms with E-state index in [0.29, 0.717) is 34.9 Å². The summed E-state index contributed by atoms with van der Waals surface area (Å²) < 4.78 is 37.1. The van der Waals surface area contributed by atoms with Crippen molar-refractivity contribution in [3.8, 4) is 34.0 Å². The first kappa shape index (κ1) is 28.5. The van der Waals surface area contributed by atoms with E-state index in [0.717, 1.165) is 25.8 Å². The van der Waals surface area contributed by atoms with Crippen molar-refractivity contribution >= 4 is 11.9 Å². The first-order chi connectivity index (χ1) is 19.7. The lowest BCUT2D eigenvalue weighted by molar-refractivity contribution is 0.0158. The number of halogens is 1. The highest BCUT2D eigenvalue weighted by molar-refractivity contribution is 5.75. The monoisotopic (exact) mass is 566 g/mol. The topological polar surface area (TPSA) is 112 Å². The number of ether oxygens (including phenoxy) is 4. The molecular formula is C29H35FN6O5. The highest BCUT2D eigenvalue weighted by Gasteiger charge is 2.42. The van der Waals surface area contributed by atoms with Crippen molar-refractivity contribution < 1.29 is 28.1 Å². The number of methoxy groups -OCH3 is 2. The lowest BCUT2D eigenvalue weighted by Crippen LogP contribution is -2.46. The minimum atomic E-state index is -0.546. The molecule has 0 N–H and O–H groups in total. The lowest BCUT2D eigenvalue weighted by atomic mass is 10.0. The zero-order valence-electron chi connectivity index (χ0n) is 24.0. The molecule has 11 nitrogen and oxygen atoms in total. The van der Waals surface area contributed by atoms with Gasteiger partial charge in [-0.1, -0.05) is 0 Å². The van der Waals surface area contributed by atoms with Crippen LogP contribution >= 0.6 is 0 Å². The summed E-state index contributed by atoms with van der Waals surface area (Å²) in [7, 11) is 2.97. The van der Waals surface area contributed by atoms with Crippen LogP contribution in [-0.2, 0) is 9.47 Å². The summed E-state index contributed by atoms with van der Waals surface area (Å²) in [5.41, 5.74) is 1.08. The van der Waals surface area contributed by atoms with E-state index >= 15 is 4.39 Å². The third-order valence-electron chi connectivity index (χ3n) is 6.91. The number of aromatic nitrogens is 4. The third kappa shape index (κ3) is 6.64. The van der Waals surface area contributed by atoms with Crippen LogP contribution in [0.15, 0.2) is 36.5 Å². The highest BCUT2D eigenvalue weighted by Crippen LogP contribution is 2.37. The molecule has 1 amide bonds. The van der Waals surface area contributed by atoms with E-state index in [1.165, 1.54) is 26.5 Å². The molecule has 3 aromatic rings. The van der Waals surface area contributed by atoms with Gasteiger partial charge in [-0.15, -0.1) is 15.3 Å². The van der Waals surface area contributed by atoms with Gasteiger partial charge in [0.2, 0.25) is 5.88 Å². The summed E-state index contributed by atoms with van der Waals surface area (Å²) in [5.74, 6) is 0.833. The average molecular weight is 567 g/mol. The minimum Gasteiger partial charge on any atom is -0.480 e. The Bertz CT molecular complexity index is 1380. The smallest absolute Gasteiger partial charge is 0.410 e. The van der Waals surface area contributed by atoms with Gasteiger partial charge in [0.15, 0.2) is 12.6 Å². The van der Waals surface area contributed by atoms with Crippen molar-refractivity contribution in [3.05, 3.63) is 42.3 Å². The van der Waals surface area contributed by atoms with E-state index in [1.807, 2.05) is 31.7 Å². The number of carbonyl (C=O) groups is 1. The summed E-state index contributed by atoms with van der Waals surface area (Å²) in [6.07, 6.45) is 4.00.